The van der Waals surface area contributed by atoms with Crippen LogP contribution in [0.25, 0.3) is 10.9 Å². The maximum absolute atomic E-state index is 15.8. The minimum absolute atomic E-state index is 0.00425. The van der Waals surface area contributed by atoms with Crippen molar-refractivity contribution in [2.75, 3.05) is 31.1 Å². The molecule has 4 rings (SSSR count). The molecule has 34 heavy (non-hydrogen) atoms. The molecule has 0 radical (unpaired) electrons. The Kier molecular flexibility index (Phi) is 5.98. The molecule has 12 heteroatoms. The van der Waals surface area contributed by atoms with Crippen molar-refractivity contribution in [2.45, 2.75) is 25.3 Å². The number of piperazine rings is 1. The Hall–Kier alpha value is -3.96. The SMILES string of the molecule is O=C(O)C=C(C(=O)O)N1CCN(c2c(F)cc3c(=O)c(C(=O)O)cn(C4CCC4)c3c2F)CC1. The van der Waals surface area contributed by atoms with Crippen molar-refractivity contribution < 1.29 is 38.5 Å². The van der Waals surface area contributed by atoms with E-state index in [2.05, 4.69) is 0 Å². The summed E-state index contributed by atoms with van der Waals surface area (Å²) < 4.78 is 32.3. The summed E-state index contributed by atoms with van der Waals surface area (Å²) in [7, 11) is 0. The molecule has 1 aliphatic heterocycles. The minimum atomic E-state index is -1.48. The summed E-state index contributed by atoms with van der Waals surface area (Å²) in [6.45, 7) is -0.0274. The molecular formula is C22H21F2N3O7. The lowest BCUT2D eigenvalue weighted by atomic mass is 9.92. The summed E-state index contributed by atoms with van der Waals surface area (Å²) in [5, 5.41) is 27.2. The van der Waals surface area contributed by atoms with E-state index in [9.17, 15) is 29.4 Å². The molecule has 1 aliphatic carbocycles. The van der Waals surface area contributed by atoms with Crippen molar-refractivity contribution in [3.8, 4) is 0 Å². The molecule has 2 heterocycles. The number of nitrogens with zero attached hydrogens (tertiary/aromatic N) is 3. The molecule has 2 fully saturated rings. The van der Waals surface area contributed by atoms with Gasteiger partial charge in [-0.05, 0) is 25.3 Å². The van der Waals surface area contributed by atoms with Crippen LogP contribution in [0.3, 0.4) is 0 Å². The molecule has 180 valence electrons. The van der Waals surface area contributed by atoms with Gasteiger partial charge in [0.15, 0.2) is 5.82 Å². The third kappa shape index (κ3) is 3.95. The number of aromatic carboxylic acids is 1. The lowest BCUT2D eigenvalue weighted by molar-refractivity contribution is -0.136. The van der Waals surface area contributed by atoms with Crippen LogP contribution in [0.5, 0.6) is 0 Å². The first-order valence-electron chi connectivity index (χ1n) is 10.6. The molecule has 1 saturated heterocycles. The molecule has 10 nitrogen and oxygen atoms in total. The van der Waals surface area contributed by atoms with Crippen LogP contribution in [-0.2, 0) is 9.59 Å². The number of carboxylic acid groups (broad SMARTS) is 3. The fraction of sp³-hybridized carbons (Fsp3) is 0.364. The van der Waals surface area contributed by atoms with Gasteiger partial charge in [-0.25, -0.2) is 23.2 Å². The average molecular weight is 477 g/mol. The van der Waals surface area contributed by atoms with Gasteiger partial charge in [0.25, 0.3) is 0 Å². The Bertz CT molecular complexity index is 1290. The van der Waals surface area contributed by atoms with Crippen molar-refractivity contribution in [3.05, 3.63) is 51.5 Å². The van der Waals surface area contributed by atoms with Crippen molar-refractivity contribution in [1.82, 2.24) is 9.47 Å². The highest BCUT2D eigenvalue weighted by molar-refractivity contribution is 5.95. The van der Waals surface area contributed by atoms with Crippen LogP contribution in [0.15, 0.2) is 28.8 Å². The summed E-state index contributed by atoms with van der Waals surface area (Å²) >= 11 is 0. The maximum Gasteiger partial charge on any atom is 0.352 e. The average Bonchev–Trinajstić information content (AvgIpc) is 2.72. The van der Waals surface area contributed by atoms with Crippen LogP contribution in [0.4, 0.5) is 14.5 Å². The zero-order valence-corrected chi connectivity index (χ0v) is 17.8. The molecule has 1 aromatic carbocycles. The minimum Gasteiger partial charge on any atom is -0.478 e. The highest BCUT2D eigenvalue weighted by atomic mass is 19.1. The third-order valence-corrected chi connectivity index (χ3v) is 6.30. The molecule has 2 aliphatic rings. The molecule has 0 spiro atoms. The first-order valence-corrected chi connectivity index (χ1v) is 10.6. The Balaban J connectivity index is 1.76. The number of carboxylic acids is 3. The highest BCUT2D eigenvalue weighted by Gasteiger charge is 2.31. The number of aliphatic carboxylic acids is 2. The van der Waals surface area contributed by atoms with E-state index >= 15 is 8.78 Å². The van der Waals surface area contributed by atoms with E-state index in [0.29, 0.717) is 18.9 Å². The predicted octanol–water partition coefficient (Wildman–Crippen LogP) is 1.88. The number of rotatable bonds is 6. The quantitative estimate of drug-likeness (QED) is 0.532. The number of hydrogen-bond acceptors (Lipinski definition) is 6. The van der Waals surface area contributed by atoms with E-state index in [0.717, 1.165) is 18.7 Å². The molecule has 1 saturated carbocycles. The van der Waals surface area contributed by atoms with E-state index in [1.807, 2.05) is 0 Å². The molecular weight excluding hydrogens is 456 g/mol. The van der Waals surface area contributed by atoms with Crippen molar-refractivity contribution in [2.24, 2.45) is 0 Å². The van der Waals surface area contributed by atoms with Crippen LogP contribution in [0, 0.1) is 11.6 Å². The van der Waals surface area contributed by atoms with Gasteiger partial charge < -0.3 is 29.7 Å². The normalized spacial score (nSPS) is 17.1. The van der Waals surface area contributed by atoms with Gasteiger partial charge in [-0.3, -0.25) is 4.79 Å². The summed E-state index contributed by atoms with van der Waals surface area (Å²) in [5.41, 5.74) is -2.55. The molecule has 0 unspecified atom stereocenters. The number of aromatic nitrogens is 1. The monoisotopic (exact) mass is 477 g/mol. The zero-order chi connectivity index (χ0) is 24.7. The largest absolute Gasteiger partial charge is 0.478 e. The fourth-order valence-electron chi connectivity index (χ4n) is 4.40. The summed E-state index contributed by atoms with van der Waals surface area (Å²) in [6, 6.07) is 0.627. The van der Waals surface area contributed by atoms with Crippen LogP contribution in [0.1, 0.15) is 35.7 Å². The Morgan fingerprint density at radius 3 is 2.18 bits per heavy atom. The van der Waals surface area contributed by atoms with Gasteiger partial charge in [0, 0.05) is 38.4 Å². The summed E-state index contributed by atoms with van der Waals surface area (Å²) in [6.07, 6.45) is 3.85. The first-order chi connectivity index (χ1) is 16.1. The van der Waals surface area contributed by atoms with Gasteiger partial charge >= 0.3 is 17.9 Å². The number of hydrogen-bond donors (Lipinski definition) is 3. The van der Waals surface area contributed by atoms with Crippen LogP contribution < -0.4 is 10.3 Å². The number of fused-ring (bicyclic) bond motifs is 1. The van der Waals surface area contributed by atoms with E-state index in [-0.39, 0.29) is 43.1 Å². The number of halogens is 2. The number of benzene rings is 1. The summed E-state index contributed by atoms with van der Waals surface area (Å²) in [5.74, 6) is -6.38. The first kappa shape index (κ1) is 23.2. The molecule has 1 aromatic heterocycles. The molecule has 0 atom stereocenters. The highest BCUT2D eigenvalue weighted by Crippen LogP contribution is 2.37. The van der Waals surface area contributed by atoms with Crippen LogP contribution in [0.2, 0.25) is 0 Å². The predicted molar refractivity (Wildman–Crippen MR) is 115 cm³/mol. The zero-order valence-electron chi connectivity index (χ0n) is 17.8. The van der Waals surface area contributed by atoms with E-state index < -0.39 is 51.9 Å². The lowest BCUT2D eigenvalue weighted by Crippen LogP contribution is -2.47. The van der Waals surface area contributed by atoms with E-state index in [4.69, 9.17) is 5.11 Å². The van der Waals surface area contributed by atoms with E-state index in [1.165, 1.54) is 14.4 Å². The van der Waals surface area contributed by atoms with E-state index in [1.54, 1.807) is 0 Å². The fourth-order valence-corrected chi connectivity index (χ4v) is 4.40. The van der Waals surface area contributed by atoms with Gasteiger partial charge in [-0.15, -0.1) is 0 Å². The third-order valence-electron chi connectivity index (χ3n) is 6.30. The Morgan fingerprint density at radius 1 is 1.03 bits per heavy atom. The number of carbonyl (C=O) groups is 3. The number of anilines is 1. The Labute approximate surface area is 190 Å². The molecule has 2 aromatic rings. The van der Waals surface area contributed by atoms with Gasteiger partial charge in [-0.1, -0.05) is 0 Å². The van der Waals surface area contributed by atoms with Gasteiger partial charge in [0.2, 0.25) is 5.43 Å². The van der Waals surface area contributed by atoms with Crippen molar-refractivity contribution >= 4 is 34.5 Å². The second kappa shape index (κ2) is 8.76. The molecule has 0 bridgehead atoms. The van der Waals surface area contributed by atoms with Gasteiger partial charge in [0.05, 0.1) is 17.0 Å². The van der Waals surface area contributed by atoms with Crippen molar-refractivity contribution in [1.29, 1.82) is 0 Å². The smallest absolute Gasteiger partial charge is 0.352 e. The lowest BCUT2D eigenvalue weighted by Gasteiger charge is -2.38. The van der Waals surface area contributed by atoms with Crippen LogP contribution >= 0.6 is 0 Å². The topological polar surface area (TPSA) is 140 Å². The Morgan fingerprint density at radius 2 is 1.68 bits per heavy atom. The molecule has 3 N–H and O–H groups in total. The molecule has 0 amide bonds. The van der Waals surface area contributed by atoms with Gasteiger partial charge in [-0.2, -0.15) is 0 Å². The number of pyridine rings is 1. The standard InChI is InChI=1S/C22H21F2N3O7/c23-14-8-12-18(27(11-2-1-3-11)10-13(20(12)30)21(31)32)17(24)19(14)26-6-4-25(5-7-26)15(22(33)34)9-16(28)29/h8-11H,1-7H2,(H,28,29)(H,31,32)(H,33,34). The van der Waals surface area contributed by atoms with Gasteiger partial charge in [0.1, 0.15) is 22.8 Å². The maximum atomic E-state index is 15.8. The van der Waals surface area contributed by atoms with Crippen LogP contribution in [-0.4, -0.2) is 68.9 Å². The summed E-state index contributed by atoms with van der Waals surface area (Å²) in [4.78, 5) is 49.2. The second-order valence-electron chi connectivity index (χ2n) is 8.23. The second-order valence-corrected chi connectivity index (χ2v) is 8.23. The van der Waals surface area contributed by atoms with Crippen molar-refractivity contribution in [3.63, 3.8) is 0 Å².